The number of nitrogens with zero attached hydrogens (tertiary/aromatic N) is 1. The van der Waals surface area contributed by atoms with Gasteiger partial charge < -0.3 is 4.90 Å². The molecule has 0 atom stereocenters. The topological polar surface area (TPSA) is 20.3 Å². The maximum atomic E-state index is 11.7. The molecule has 0 aromatic carbocycles. The van der Waals surface area contributed by atoms with Crippen molar-refractivity contribution in [1.29, 1.82) is 0 Å². The van der Waals surface area contributed by atoms with Gasteiger partial charge in [-0.05, 0) is 18.3 Å². The minimum atomic E-state index is 0.209. The lowest BCUT2D eigenvalue weighted by Crippen LogP contribution is -2.25. The van der Waals surface area contributed by atoms with Crippen molar-refractivity contribution in [3.63, 3.8) is 0 Å². The van der Waals surface area contributed by atoms with Crippen molar-refractivity contribution in [2.24, 2.45) is 5.41 Å². The van der Waals surface area contributed by atoms with Gasteiger partial charge in [0.25, 0.3) is 0 Å². The van der Waals surface area contributed by atoms with Gasteiger partial charge in [0.2, 0.25) is 0 Å². The molecule has 0 N–H and O–H groups in total. The molecule has 2 heteroatoms. The minimum Gasteiger partial charge on any atom is -0.383 e. The highest BCUT2D eigenvalue weighted by Crippen LogP contribution is 2.35. The average molecular weight is 181 g/mol. The first kappa shape index (κ1) is 10.3. The third-order valence-corrected chi connectivity index (χ3v) is 2.48. The minimum absolute atomic E-state index is 0.209. The predicted molar refractivity (Wildman–Crippen MR) is 54.4 cm³/mol. The highest BCUT2D eigenvalue weighted by atomic mass is 16.1. The van der Waals surface area contributed by atoms with Crippen LogP contribution in [0.4, 0.5) is 0 Å². The standard InChI is InChI=1S/C11H19NO/c1-11(2)6-5-9(8-12(3)4)10(13)7-11/h8H,5-7H2,1-4H3/b9-8+. The van der Waals surface area contributed by atoms with E-state index in [9.17, 15) is 4.79 Å². The fraction of sp³-hybridized carbons (Fsp3) is 0.727. The van der Waals surface area contributed by atoms with Crippen LogP contribution < -0.4 is 0 Å². The number of carbonyl (C=O) groups is 1. The van der Waals surface area contributed by atoms with E-state index in [-0.39, 0.29) is 5.41 Å². The zero-order valence-corrected chi connectivity index (χ0v) is 9.05. The van der Waals surface area contributed by atoms with Gasteiger partial charge in [-0.15, -0.1) is 0 Å². The molecule has 1 aliphatic rings. The summed E-state index contributed by atoms with van der Waals surface area (Å²) in [6.45, 7) is 4.33. The summed E-state index contributed by atoms with van der Waals surface area (Å²) in [5, 5.41) is 0. The second kappa shape index (κ2) is 3.52. The average Bonchev–Trinajstić information content (AvgIpc) is 1.93. The molecule has 1 fully saturated rings. The van der Waals surface area contributed by atoms with Crippen molar-refractivity contribution < 1.29 is 4.79 Å². The highest BCUT2D eigenvalue weighted by molar-refractivity contribution is 5.96. The SMILES string of the molecule is CN(C)/C=C1\CCC(C)(C)CC1=O. The van der Waals surface area contributed by atoms with Crippen molar-refractivity contribution in [2.45, 2.75) is 33.1 Å². The normalized spacial score (nSPS) is 24.9. The van der Waals surface area contributed by atoms with E-state index in [1.165, 1.54) is 0 Å². The van der Waals surface area contributed by atoms with Crippen LogP contribution in [0.2, 0.25) is 0 Å². The molecule has 0 aromatic heterocycles. The molecule has 1 saturated carbocycles. The monoisotopic (exact) mass is 181 g/mol. The van der Waals surface area contributed by atoms with Crippen LogP contribution in [0.1, 0.15) is 33.1 Å². The Hall–Kier alpha value is -0.790. The van der Waals surface area contributed by atoms with Crippen molar-refractivity contribution in [1.82, 2.24) is 4.90 Å². The number of ketones is 1. The van der Waals surface area contributed by atoms with E-state index in [2.05, 4.69) is 13.8 Å². The Morgan fingerprint density at radius 1 is 1.38 bits per heavy atom. The molecule has 2 nitrogen and oxygen atoms in total. The van der Waals surface area contributed by atoms with E-state index in [0.29, 0.717) is 12.2 Å². The first-order chi connectivity index (χ1) is 5.91. The Kier molecular flexibility index (Phi) is 2.79. The van der Waals surface area contributed by atoms with E-state index in [1.807, 2.05) is 25.2 Å². The molecule has 0 saturated heterocycles. The van der Waals surface area contributed by atoms with Gasteiger partial charge in [-0.25, -0.2) is 0 Å². The fourth-order valence-corrected chi connectivity index (χ4v) is 1.70. The van der Waals surface area contributed by atoms with Gasteiger partial charge in [0.15, 0.2) is 5.78 Å². The van der Waals surface area contributed by atoms with Crippen LogP contribution in [0.5, 0.6) is 0 Å². The van der Waals surface area contributed by atoms with Gasteiger partial charge >= 0.3 is 0 Å². The van der Waals surface area contributed by atoms with Gasteiger partial charge in [0.05, 0.1) is 0 Å². The zero-order chi connectivity index (χ0) is 10.1. The molecule has 1 rings (SSSR count). The molecule has 13 heavy (non-hydrogen) atoms. The Balaban J connectivity index is 2.70. The molecule has 1 aliphatic carbocycles. The molecule has 0 heterocycles. The smallest absolute Gasteiger partial charge is 0.160 e. The molecule has 0 unspecified atom stereocenters. The lowest BCUT2D eigenvalue weighted by molar-refractivity contribution is -0.118. The number of hydrogen-bond donors (Lipinski definition) is 0. The van der Waals surface area contributed by atoms with Crippen LogP contribution >= 0.6 is 0 Å². The molecule has 0 aromatic rings. The Labute approximate surface area is 80.6 Å². The van der Waals surface area contributed by atoms with Gasteiger partial charge in [-0.3, -0.25) is 4.79 Å². The predicted octanol–water partition coefficient (Wildman–Crippen LogP) is 2.21. The van der Waals surface area contributed by atoms with Crippen LogP contribution in [0.25, 0.3) is 0 Å². The first-order valence-electron chi connectivity index (χ1n) is 4.81. The zero-order valence-electron chi connectivity index (χ0n) is 9.05. The van der Waals surface area contributed by atoms with Gasteiger partial charge in [-0.2, -0.15) is 0 Å². The summed E-state index contributed by atoms with van der Waals surface area (Å²) in [6, 6.07) is 0. The number of hydrogen-bond acceptors (Lipinski definition) is 2. The molecule has 0 bridgehead atoms. The lowest BCUT2D eigenvalue weighted by atomic mass is 9.75. The number of rotatable bonds is 1. The lowest BCUT2D eigenvalue weighted by Gasteiger charge is -2.30. The Bertz CT molecular complexity index is 238. The first-order valence-corrected chi connectivity index (χ1v) is 4.81. The van der Waals surface area contributed by atoms with Gasteiger partial charge in [-0.1, -0.05) is 13.8 Å². The van der Waals surface area contributed by atoms with Crippen molar-refractivity contribution in [3.05, 3.63) is 11.8 Å². The summed E-state index contributed by atoms with van der Waals surface area (Å²) in [4.78, 5) is 13.6. The van der Waals surface area contributed by atoms with Gasteiger partial charge in [0, 0.05) is 32.3 Å². The Morgan fingerprint density at radius 2 is 2.00 bits per heavy atom. The number of Topliss-reactive ketones (excluding diaryl/α,β-unsaturated/α-hetero) is 1. The van der Waals surface area contributed by atoms with Gasteiger partial charge in [0.1, 0.15) is 0 Å². The summed E-state index contributed by atoms with van der Waals surface area (Å²) in [7, 11) is 3.92. The summed E-state index contributed by atoms with van der Waals surface area (Å²) in [6.07, 6.45) is 4.71. The molecular formula is C11H19NO. The Morgan fingerprint density at radius 3 is 2.46 bits per heavy atom. The fourth-order valence-electron chi connectivity index (χ4n) is 1.70. The second-order valence-corrected chi connectivity index (χ2v) is 4.88. The van der Waals surface area contributed by atoms with E-state index in [1.54, 1.807) is 0 Å². The highest BCUT2D eigenvalue weighted by Gasteiger charge is 2.29. The van der Waals surface area contributed by atoms with Crippen LogP contribution in [0.3, 0.4) is 0 Å². The van der Waals surface area contributed by atoms with Crippen molar-refractivity contribution in [3.8, 4) is 0 Å². The molecule has 0 amide bonds. The third kappa shape index (κ3) is 2.87. The summed E-state index contributed by atoms with van der Waals surface area (Å²) >= 11 is 0. The largest absolute Gasteiger partial charge is 0.383 e. The third-order valence-electron chi connectivity index (χ3n) is 2.48. The summed E-state index contributed by atoms with van der Waals surface area (Å²) < 4.78 is 0. The van der Waals surface area contributed by atoms with E-state index < -0.39 is 0 Å². The molecular weight excluding hydrogens is 162 g/mol. The van der Waals surface area contributed by atoms with E-state index in [0.717, 1.165) is 18.4 Å². The maximum Gasteiger partial charge on any atom is 0.160 e. The molecule has 0 spiro atoms. The quantitative estimate of drug-likeness (QED) is 0.578. The number of carbonyl (C=O) groups excluding carboxylic acids is 1. The second-order valence-electron chi connectivity index (χ2n) is 4.88. The van der Waals surface area contributed by atoms with Crippen molar-refractivity contribution in [2.75, 3.05) is 14.1 Å². The van der Waals surface area contributed by atoms with Crippen LogP contribution in [-0.4, -0.2) is 24.8 Å². The van der Waals surface area contributed by atoms with E-state index >= 15 is 0 Å². The summed E-state index contributed by atoms with van der Waals surface area (Å²) in [5.74, 6) is 0.324. The molecule has 74 valence electrons. The van der Waals surface area contributed by atoms with Crippen LogP contribution in [-0.2, 0) is 4.79 Å². The molecule has 0 radical (unpaired) electrons. The van der Waals surface area contributed by atoms with E-state index in [4.69, 9.17) is 0 Å². The summed E-state index contributed by atoms with van der Waals surface area (Å²) in [5.41, 5.74) is 1.20. The van der Waals surface area contributed by atoms with Crippen LogP contribution in [0.15, 0.2) is 11.8 Å². The van der Waals surface area contributed by atoms with Crippen LogP contribution in [0, 0.1) is 5.41 Å². The molecule has 0 aliphatic heterocycles. The van der Waals surface area contributed by atoms with Crippen molar-refractivity contribution >= 4 is 5.78 Å². The maximum absolute atomic E-state index is 11.7. The number of allylic oxidation sites excluding steroid dienone is 1.